The van der Waals surface area contributed by atoms with E-state index in [9.17, 15) is 9.90 Å². The number of hydrogen-bond acceptors (Lipinski definition) is 5. The molecule has 2 atom stereocenters. The SMILES string of the molecule is CC1(C)CC=C(c2cc(C3(O)CC4(CO[Si](C)(C)C(C)(C)C)C=CC(CO[Si](C)(C)C(C)(C)C)(C3)O4)ccc2C(N)=O)CC1. The molecule has 0 spiro atoms. The molecule has 3 N–H and O–H groups in total. The van der Waals surface area contributed by atoms with Gasteiger partial charge in [-0.25, -0.2) is 0 Å². The smallest absolute Gasteiger partial charge is 0.249 e. The van der Waals surface area contributed by atoms with Gasteiger partial charge in [0, 0.05) is 18.4 Å². The number of benzene rings is 1. The van der Waals surface area contributed by atoms with Crippen molar-refractivity contribution in [2.45, 2.75) is 141 Å². The third kappa shape index (κ3) is 7.05. The van der Waals surface area contributed by atoms with Crippen LogP contribution in [-0.4, -0.2) is 52.1 Å². The summed E-state index contributed by atoms with van der Waals surface area (Å²) in [6.07, 6.45) is 10.0. The number of nitrogens with two attached hydrogens (primary N) is 1. The van der Waals surface area contributed by atoms with E-state index >= 15 is 0 Å². The first-order chi connectivity index (χ1) is 19.8. The highest BCUT2D eigenvalue weighted by atomic mass is 28.4. The number of ether oxygens (including phenoxy) is 1. The maximum atomic E-state index is 12.7. The van der Waals surface area contributed by atoms with Crippen molar-refractivity contribution in [3.63, 3.8) is 0 Å². The number of hydrogen-bond donors (Lipinski definition) is 2. The first-order valence-corrected chi connectivity index (χ1v) is 22.2. The minimum absolute atomic E-state index is 0.0429. The summed E-state index contributed by atoms with van der Waals surface area (Å²) in [6, 6.07) is 5.69. The van der Waals surface area contributed by atoms with E-state index in [0.717, 1.165) is 36.0 Å². The molecule has 0 aromatic heterocycles. The van der Waals surface area contributed by atoms with Crippen LogP contribution in [0.3, 0.4) is 0 Å². The van der Waals surface area contributed by atoms with Gasteiger partial charge < -0.3 is 24.4 Å². The fourth-order valence-electron chi connectivity index (χ4n) is 6.15. The van der Waals surface area contributed by atoms with Gasteiger partial charge in [-0.1, -0.05) is 79.7 Å². The van der Waals surface area contributed by atoms with Crippen LogP contribution in [0.4, 0.5) is 0 Å². The first kappa shape index (κ1) is 35.3. The number of carbonyl (C=O) groups is 1. The number of rotatable bonds is 9. The molecule has 8 heteroatoms. The van der Waals surface area contributed by atoms with Crippen molar-refractivity contribution in [3.8, 4) is 0 Å². The van der Waals surface area contributed by atoms with Gasteiger partial charge in [0.1, 0.15) is 11.2 Å². The second-order valence-electron chi connectivity index (χ2n) is 17.8. The largest absolute Gasteiger partial charge is 0.414 e. The standard InChI is InChI=1S/C36H59NO5Si2/c1-31(2,3)43(9,10)40-24-34-19-20-35(42-34,25-41-44(11,12)32(4,5)6)23-36(39,22-34)27-13-14-28(30(37)38)29(21-27)26-15-17-33(7,8)18-16-26/h13-15,19-21,39H,16-18,22-25H2,1-12H3,(H2,37,38). The Morgan fingerprint density at radius 1 is 0.932 bits per heavy atom. The summed E-state index contributed by atoms with van der Waals surface area (Å²) >= 11 is 0. The third-order valence-corrected chi connectivity index (χ3v) is 20.3. The maximum Gasteiger partial charge on any atom is 0.249 e. The van der Waals surface area contributed by atoms with E-state index in [1.807, 2.05) is 12.1 Å². The lowest BCUT2D eigenvalue weighted by Crippen LogP contribution is -2.58. The fraction of sp³-hybridized carbons (Fsp3) is 0.694. The molecule has 2 heterocycles. The predicted molar refractivity (Wildman–Crippen MR) is 186 cm³/mol. The van der Waals surface area contributed by atoms with Crippen LogP contribution >= 0.6 is 0 Å². The molecule has 0 radical (unpaired) electrons. The van der Waals surface area contributed by atoms with Crippen LogP contribution in [0, 0.1) is 5.41 Å². The summed E-state index contributed by atoms with van der Waals surface area (Å²) in [4.78, 5) is 12.6. The Labute approximate surface area is 269 Å². The lowest BCUT2D eigenvalue weighted by molar-refractivity contribution is -0.217. The number of allylic oxidation sites excluding steroid dienone is 2. The van der Waals surface area contributed by atoms with Crippen LogP contribution in [0.5, 0.6) is 0 Å². The molecule has 4 rings (SSSR count). The van der Waals surface area contributed by atoms with Crippen LogP contribution in [0.25, 0.3) is 5.57 Å². The fourth-order valence-corrected chi connectivity index (χ4v) is 8.23. The topological polar surface area (TPSA) is 91.0 Å². The molecule has 1 aromatic carbocycles. The van der Waals surface area contributed by atoms with Crippen LogP contribution in [0.15, 0.2) is 36.4 Å². The summed E-state index contributed by atoms with van der Waals surface area (Å²) in [5.74, 6) is -0.448. The number of amides is 1. The zero-order valence-corrected chi connectivity index (χ0v) is 31.6. The second kappa shape index (κ2) is 11.3. The van der Waals surface area contributed by atoms with Crippen molar-refractivity contribution >= 4 is 28.1 Å². The molecule has 2 aliphatic heterocycles. The first-order valence-electron chi connectivity index (χ1n) is 16.4. The Balaban J connectivity index is 1.76. The van der Waals surface area contributed by atoms with Crippen LogP contribution in [0.1, 0.15) is 109 Å². The third-order valence-electron chi connectivity index (χ3n) is 11.4. The molecule has 44 heavy (non-hydrogen) atoms. The molecule has 2 unspecified atom stereocenters. The van der Waals surface area contributed by atoms with Gasteiger partial charge in [0.25, 0.3) is 0 Å². The Bertz CT molecular complexity index is 1280. The van der Waals surface area contributed by atoms with Gasteiger partial charge in [0.05, 0.1) is 18.8 Å². The lowest BCUT2D eigenvalue weighted by atomic mass is 9.73. The highest BCUT2D eigenvalue weighted by Gasteiger charge is 2.59. The highest BCUT2D eigenvalue weighted by Crippen LogP contribution is 2.54. The van der Waals surface area contributed by atoms with E-state index in [2.05, 4.69) is 99.8 Å². The minimum atomic E-state index is -2.10. The second-order valence-corrected chi connectivity index (χ2v) is 27.4. The van der Waals surface area contributed by atoms with Crippen molar-refractivity contribution in [2.24, 2.45) is 11.1 Å². The summed E-state index contributed by atoms with van der Waals surface area (Å²) in [5.41, 5.74) is 6.54. The Morgan fingerprint density at radius 3 is 1.84 bits per heavy atom. The van der Waals surface area contributed by atoms with Crippen LogP contribution < -0.4 is 5.73 Å². The normalized spacial score (nSPS) is 29.1. The Hall–Kier alpha value is -1.56. The van der Waals surface area contributed by atoms with E-state index in [0.29, 0.717) is 31.6 Å². The zero-order valence-electron chi connectivity index (χ0n) is 29.6. The molecule has 0 saturated carbocycles. The minimum Gasteiger partial charge on any atom is -0.414 e. The molecule has 6 nitrogen and oxygen atoms in total. The average molecular weight is 642 g/mol. The highest BCUT2D eigenvalue weighted by molar-refractivity contribution is 6.74. The molecule has 1 amide bonds. The summed E-state index contributed by atoms with van der Waals surface area (Å²) in [5, 5.41) is 12.8. The van der Waals surface area contributed by atoms with E-state index in [-0.39, 0.29) is 15.5 Å². The summed E-state index contributed by atoms with van der Waals surface area (Å²) < 4.78 is 20.5. The van der Waals surface area contributed by atoms with E-state index in [1.54, 1.807) is 6.07 Å². The summed E-state index contributed by atoms with van der Waals surface area (Å²) in [6.45, 7) is 27.7. The lowest BCUT2D eigenvalue weighted by Gasteiger charge is -2.51. The molecular formula is C36H59NO5Si2. The molecule has 1 saturated heterocycles. The average Bonchev–Trinajstić information content (AvgIpc) is 3.16. The van der Waals surface area contributed by atoms with Gasteiger partial charge in [-0.05, 0) is 89.8 Å². The van der Waals surface area contributed by atoms with Gasteiger partial charge >= 0.3 is 0 Å². The number of primary amides is 1. The number of aliphatic hydroxyl groups is 1. The molecule has 246 valence electrons. The number of fused-ring (bicyclic) bond motifs is 2. The van der Waals surface area contributed by atoms with Crippen molar-refractivity contribution in [3.05, 3.63) is 53.1 Å². The van der Waals surface area contributed by atoms with Crippen LogP contribution in [0.2, 0.25) is 36.3 Å². The van der Waals surface area contributed by atoms with Crippen LogP contribution in [-0.2, 0) is 19.2 Å². The molecule has 2 bridgehead atoms. The molecule has 3 aliphatic rings. The van der Waals surface area contributed by atoms with Crippen molar-refractivity contribution < 1.29 is 23.5 Å². The maximum absolute atomic E-state index is 12.7. The molecular weight excluding hydrogens is 583 g/mol. The molecule has 1 aromatic rings. The quantitative estimate of drug-likeness (QED) is 0.209. The van der Waals surface area contributed by atoms with Gasteiger partial charge in [0.15, 0.2) is 16.6 Å². The van der Waals surface area contributed by atoms with Crippen molar-refractivity contribution in [2.75, 3.05) is 13.2 Å². The van der Waals surface area contributed by atoms with Gasteiger partial charge in [-0.2, -0.15) is 0 Å². The van der Waals surface area contributed by atoms with Crippen molar-refractivity contribution in [1.29, 1.82) is 0 Å². The number of carbonyl (C=O) groups excluding carboxylic acids is 1. The van der Waals surface area contributed by atoms with Crippen molar-refractivity contribution in [1.82, 2.24) is 0 Å². The Morgan fingerprint density at radius 2 is 1.43 bits per heavy atom. The molecule has 1 aliphatic carbocycles. The van der Waals surface area contributed by atoms with Gasteiger partial charge in [0.2, 0.25) is 5.91 Å². The van der Waals surface area contributed by atoms with Gasteiger partial charge in [-0.3, -0.25) is 4.79 Å². The van der Waals surface area contributed by atoms with Gasteiger partial charge in [-0.15, -0.1) is 0 Å². The molecule has 1 fully saturated rings. The van der Waals surface area contributed by atoms with E-state index < -0.39 is 39.3 Å². The Kier molecular flexibility index (Phi) is 9.07. The zero-order chi connectivity index (χ0) is 33.2. The van der Waals surface area contributed by atoms with E-state index in [1.165, 1.54) is 0 Å². The monoisotopic (exact) mass is 641 g/mol. The van der Waals surface area contributed by atoms with E-state index in [4.69, 9.17) is 19.3 Å². The summed E-state index contributed by atoms with van der Waals surface area (Å²) in [7, 11) is -4.20. The predicted octanol–water partition coefficient (Wildman–Crippen LogP) is 8.47.